The summed E-state index contributed by atoms with van der Waals surface area (Å²) in [5.41, 5.74) is -0.920. The van der Waals surface area contributed by atoms with Crippen molar-refractivity contribution in [3.05, 3.63) is 29.8 Å². The molecule has 9 heteroatoms. The maximum Gasteiger partial charge on any atom is 0.416 e. The van der Waals surface area contributed by atoms with Crippen molar-refractivity contribution in [2.45, 2.75) is 13.1 Å². The fourth-order valence-electron chi connectivity index (χ4n) is 1.42. The summed E-state index contributed by atoms with van der Waals surface area (Å²) in [4.78, 5) is 33.3. The summed E-state index contributed by atoms with van der Waals surface area (Å²) in [5.74, 6) is -1.67. The molecule has 0 heterocycles. The molecule has 1 aromatic carbocycles. The lowest BCUT2D eigenvalue weighted by Gasteiger charge is -2.10. The number of benzene rings is 1. The van der Waals surface area contributed by atoms with E-state index in [4.69, 9.17) is 0 Å². The Balaban J connectivity index is 2.49. The molecule has 0 saturated carbocycles. The van der Waals surface area contributed by atoms with Gasteiger partial charge in [-0.3, -0.25) is 14.4 Å². The number of amides is 3. The number of anilines is 1. The number of alkyl halides is 3. The van der Waals surface area contributed by atoms with Gasteiger partial charge in [-0.2, -0.15) is 13.2 Å². The van der Waals surface area contributed by atoms with E-state index in [1.165, 1.54) is 13.0 Å². The van der Waals surface area contributed by atoms with E-state index in [1.54, 1.807) is 0 Å². The van der Waals surface area contributed by atoms with Gasteiger partial charge < -0.3 is 16.0 Å². The van der Waals surface area contributed by atoms with Gasteiger partial charge in [0.1, 0.15) is 0 Å². The summed E-state index contributed by atoms with van der Waals surface area (Å²) < 4.78 is 37.5. The highest BCUT2D eigenvalue weighted by Crippen LogP contribution is 2.30. The van der Waals surface area contributed by atoms with Gasteiger partial charge in [0, 0.05) is 12.6 Å². The first-order valence-electron chi connectivity index (χ1n) is 6.16. The maximum atomic E-state index is 12.5. The second-order valence-electron chi connectivity index (χ2n) is 4.31. The van der Waals surface area contributed by atoms with Crippen LogP contribution < -0.4 is 16.0 Å². The zero-order valence-corrected chi connectivity index (χ0v) is 11.6. The van der Waals surface area contributed by atoms with E-state index < -0.39 is 36.0 Å². The molecule has 0 aliphatic rings. The molecule has 3 amide bonds. The quantitative estimate of drug-likeness (QED) is 0.754. The van der Waals surface area contributed by atoms with Crippen molar-refractivity contribution in [2.24, 2.45) is 0 Å². The standard InChI is InChI=1S/C13H14F3N3O3/c1-8(20)17-6-11(21)18-7-12(22)19-10-4-2-3-9(5-10)13(14,15)16/h2-5H,6-7H2,1H3,(H,17,20)(H,18,21)(H,19,22). The molecule has 0 aromatic heterocycles. The average molecular weight is 317 g/mol. The highest BCUT2D eigenvalue weighted by Gasteiger charge is 2.30. The molecule has 0 aliphatic heterocycles. The third-order valence-corrected chi connectivity index (χ3v) is 2.42. The highest BCUT2D eigenvalue weighted by molar-refractivity contribution is 5.95. The van der Waals surface area contributed by atoms with Crippen LogP contribution in [-0.2, 0) is 20.6 Å². The molecule has 0 radical (unpaired) electrons. The Bertz CT molecular complexity index is 573. The topological polar surface area (TPSA) is 87.3 Å². The fraction of sp³-hybridized carbons (Fsp3) is 0.308. The normalized spacial score (nSPS) is 10.7. The molecule has 22 heavy (non-hydrogen) atoms. The van der Waals surface area contributed by atoms with Crippen molar-refractivity contribution < 1.29 is 27.6 Å². The molecule has 0 atom stereocenters. The zero-order chi connectivity index (χ0) is 16.8. The lowest BCUT2D eigenvalue weighted by atomic mass is 10.2. The Morgan fingerprint density at radius 3 is 2.27 bits per heavy atom. The van der Waals surface area contributed by atoms with Crippen LogP contribution in [0, 0.1) is 0 Å². The predicted octanol–water partition coefficient (Wildman–Crippen LogP) is 0.896. The van der Waals surface area contributed by atoms with Gasteiger partial charge in [0.2, 0.25) is 17.7 Å². The molecule has 1 aromatic rings. The molecule has 0 aliphatic carbocycles. The van der Waals surface area contributed by atoms with E-state index in [2.05, 4.69) is 16.0 Å². The number of nitrogens with one attached hydrogen (secondary N) is 3. The smallest absolute Gasteiger partial charge is 0.347 e. The van der Waals surface area contributed by atoms with Gasteiger partial charge in [0.15, 0.2) is 0 Å². The molecule has 0 unspecified atom stereocenters. The average Bonchev–Trinajstić information content (AvgIpc) is 2.42. The molecule has 0 fully saturated rings. The second kappa shape index (κ2) is 7.43. The minimum absolute atomic E-state index is 0.0315. The molecule has 120 valence electrons. The molecule has 0 bridgehead atoms. The van der Waals surface area contributed by atoms with Crippen LogP contribution in [0.1, 0.15) is 12.5 Å². The van der Waals surface area contributed by atoms with E-state index in [9.17, 15) is 27.6 Å². The van der Waals surface area contributed by atoms with Crippen molar-refractivity contribution in [1.29, 1.82) is 0 Å². The van der Waals surface area contributed by atoms with Crippen molar-refractivity contribution in [3.8, 4) is 0 Å². The molecular weight excluding hydrogens is 303 g/mol. The Labute approximate surface area is 124 Å². The van der Waals surface area contributed by atoms with Gasteiger partial charge in [-0.25, -0.2) is 0 Å². The molecule has 6 nitrogen and oxygen atoms in total. The number of carbonyl (C=O) groups excluding carboxylic acids is 3. The van der Waals surface area contributed by atoms with Crippen LogP contribution in [0.4, 0.5) is 18.9 Å². The van der Waals surface area contributed by atoms with E-state index in [0.717, 1.165) is 18.2 Å². The Kier molecular flexibility index (Phi) is 5.90. The summed E-state index contributed by atoms with van der Waals surface area (Å²) in [6.07, 6.45) is -4.51. The van der Waals surface area contributed by atoms with Crippen LogP contribution in [0.5, 0.6) is 0 Å². The molecule has 0 saturated heterocycles. The first-order valence-corrected chi connectivity index (χ1v) is 6.16. The van der Waals surface area contributed by atoms with Crippen LogP contribution in [-0.4, -0.2) is 30.8 Å². The first-order chi connectivity index (χ1) is 10.2. The van der Waals surface area contributed by atoms with Gasteiger partial charge in [-0.15, -0.1) is 0 Å². The van der Waals surface area contributed by atoms with Crippen molar-refractivity contribution in [3.63, 3.8) is 0 Å². The highest BCUT2D eigenvalue weighted by atomic mass is 19.4. The minimum Gasteiger partial charge on any atom is -0.347 e. The van der Waals surface area contributed by atoms with Crippen LogP contribution in [0.15, 0.2) is 24.3 Å². The summed E-state index contributed by atoms with van der Waals surface area (Å²) in [7, 11) is 0. The van der Waals surface area contributed by atoms with Crippen molar-refractivity contribution in [2.75, 3.05) is 18.4 Å². The summed E-state index contributed by atoms with van der Waals surface area (Å²) in [5, 5.41) is 6.68. The van der Waals surface area contributed by atoms with E-state index in [1.807, 2.05) is 0 Å². The third kappa shape index (κ3) is 6.25. The first kappa shape index (κ1) is 17.5. The summed E-state index contributed by atoms with van der Waals surface area (Å²) >= 11 is 0. The van der Waals surface area contributed by atoms with Crippen LogP contribution in [0.25, 0.3) is 0 Å². The second-order valence-corrected chi connectivity index (χ2v) is 4.31. The Hall–Kier alpha value is -2.58. The number of carbonyl (C=O) groups is 3. The number of hydrogen-bond acceptors (Lipinski definition) is 3. The largest absolute Gasteiger partial charge is 0.416 e. The minimum atomic E-state index is -4.51. The molecular formula is C13H14F3N3O3. The van der Waals surface area contributed by atoms with Gasteiger partial charge in [0.25, 0.3) is 0 Å². The van der Waals surface area contributed by atoms with Crippen LogP contribution in [0.2, 0.25) is 0 Å². The van der Waals surface area contributed by atoms with E-state index >= 15 is 0 Å². The maximum absolute atomic E-state index is 12.5. The monoisotopic (exact) mass is 317 g/mol. The number of rotatable bonds is 5. The Morgan fingerprint density at radius 2 is 1.68 bits per heavy atom. The van der Waals surface area contributed by atoms with Crippen LogP contribution >= 0.6 is 0 Å². The Morgan fingerprint density at radius 1 is 1.05 bits per heavy atom. The number of halogens is 3. The zero-order valence-electron chi connectivity index (χ0n) is 11.6. The van der Waals surface area contributed by atoms with E-state index in [0.29, 0.717) is 0 Å². The fourth-order valence-corrected chi connectivity index (χ4v) is 1.42. The number of hydrogen-bond donors (Lipinski definition) is 3. The lowest BCUT2D eigenvalue weighted by Crippen LogP contribution is -2.39. The molecule has 1 rings (SSSR count). The van der Waals surface area contributed by atoms with Crippen LogP contribution in [0.3, 0.4) is 0 Å². The van der Waals surface area contributed by atoms with Gasteiger partial charge in [-0.05, 0) is 18.2 Å². The van der Waals surface area contributed by atoms with Gasteiger partial charge in [0.05, 0.1) is 18.7 Å². The lowest BCUT2D eigenvalue weighted by molar-refractivity contribution is -0.137. The SMILES string of the molecule is CC(=O)NCC(=O)NCC(=O)Nc1cccc(C(F)(F)F)c1. The van der Waals surface area contributed by atoms with Crippen molar-refractivity contribution in [1.82, 2.24) is 10.6 Å². The van der Waals surface area contributed by atoms with Gasteiger partial charge in [-0.1, -0.05) is 6.07 Å². The predicted molar refractivity (Wildman–Crippen MR) is 71.8 cm³/mol. The third-order valence-electron chi connectivity index (χ3n) is 2.42. The summed E-state index contributed by atoms with van der Waals surface area (Å²) in [6, 6.07) is 4.13. The summed E-state index contributed by atoms with van der Waals surface area (Å²) in [6.45, 7) is 0.522. The van der Waals surface area contributed by atoms with Gasteiger partial charge >= 0.3 is 6.18 Å². The van der Waals surface area contributed by atoms with Crippen molar-refractivity contribution >= 4 is 23.4 Å². The molecule has 0 spiro atoms. The van der Waals surface area contributed by atoms with E-state index in [-0.39, 0.29) is 12.2 Å². The molecule has 3 N–H and O–H groups in total.